The second-order valence-corrected chi connectivity index (χ2v) is 2.43. The maximum absolute atomic E-state index is 9.85. The van der Waals surface area contributed by atoms with E-state index in [1.165, 1.54) is 6.92 Å². The fourth-order valence-electron chi connectivity index (χ4n) is 0.144. The van der Waals surface area contributed by atoms with Gasteiger partial charge in [0.25, 0.3) is 0 Å². The van der Waals surface area contributed by atoms with E-state index in [2.05, 4.69) is 4.74 Å². The number of carbonyl (C=O) groups excluding carboxylic acids is 1. The van der Waals surface area contributed by atoms with Gasteiger partial charge >= 0.3 is 52.7 Å². The Morgan fingerprint density at radius 1 is 2.00 bits per heavy atom. The molecular weight excluding hydrogens is 269 g/mol. The van der Waals surface area contributed by atoms with E-state index >= 15 is 0 Å². The molecule has 0 bridgehead atoms. The van der Waals surface area contributed by atoms with Crippen LogP contribution >= 0.6 is 0 Å². The van der Waals surface area contributed by atoms with Crippen LogP contribution in [-0.2, 0) is 35.7 Å². The molecule has 3 heteroatoms. The maximum atomic E-state index is 9.85. The molecule has 0 aliphatic carbocycles. The molecule has 0 amide bonds. The monoisotopic (exact) mass is 275 g/mol. The Balaban J connectivity index is 2.83. The van der Waals surface area contributed by atoms with E-state index in [-0.39, 0.29) is 5.97 Å². The van der Waals surface area contributed by atoms with Crippen molar-refractivity contribution in [1.82, 2.24) is 0 Å². The molecule has 0 atom stereocenters. The summed E-state index contributed by atoms with van der Waals surface area (Å²) in [5.74, 6) is -0.162. The Bertz CT molecular complexity index is 52.8. The van der Waals surface area contributed by atoms with E-state index in [4.69, 9.17) is 0 Å². The fraction of sp³-hybridized carbons (Fsp3) is 0.667. The van der Waals surface area contributed by atoms with Crippen LogP contribution in [0.2, 0.25) is 0 Å². The molecule has 0 N–H and O–H groups in total. The van der Waals surface area contributed by atoms with Gasteiger partial charge < -0.3 is 0 Å². The zero-order chi connectivity index (χ0) is 4.99. The van der Waals surface area contributed by atoms with Crippen LogP contribution < -0.4 is 0 Å². The van der Waals surface area contributed by atoms with Crippen LogP contribution in [0.1, 0.15) is 6.92 Å². The number of carbonyl (C=O) groups is 1. The Kier molecular flexibility index (Phi) is 3.83. The summed E-state index contributed by atoms with van der Waals surface area (Å²) >= 11 is 0.610. The van der Waals surface area contributed by atoms with Gasteiger partial charge in [0.1, 0.15) is 0 Å². The van der Waals surface area contributed by atoms with Gasteiger partial charge in [0, 0.05) is 0 Å². The van der Waals surface area contributed by atoms with Crippen LogP contribution in [0.15, 0.2) is 0 Å². The second-order valence-electron chi connectivity index (χ2n) is 0.840. The topological polar surface area (TPSA) is 26.3 Å². The summed E-state index contributed by atoms with van der Waals surface area (Å²) in [6.07, 6.45) is 0. The minimum atomic E-state index is -0.162. The number of hydrogen-bond donors (Lipinski definition) is 0. The molecule has 0 heterocycles. The number of esters is 1. The third-order valence-electron chi connectivity index (χ3n) is 0.305. The molecule has 30 valence electrons. The van der Waals surface area contributed by atoms with Gasteiger partial charge in [-0.2, -0.15) is 0 Å². The Labute approximate surface area is 52.8 Å². The summed E-state index contributed by atoms with van der Waals surface area (Å²) in [5.41, 5.74) is 0. The molecule has 0 fully saturated rings. The molecule has 0 saturated carbocycles. The molecule has 0 radical (unpaired) electrons. The Hall–Kier alpha value is 0.405. The van der Waals surface area contributed by atoms with Gasteiger partial charge in [-0.25, -0.2) is 0 Å². The van der Waals surface area contributed by atoms with Crippen molar-refractivity contribution in [3.63, 3.8) is 0 Å². The standard InChI is InChI=1S/C3H5O2.Hg/c1-3(4)5-2;/h2H2,1H3;/q;+1. The average Bonchev–Trinajstić information content (AvgIpc) is 1.35. The minimum absolute atomic E-state index is 0.162. The van der Waals surface area contributed by atoms with Crippen LogP contribution in [-0.4, -0.2) is 10.1 Å². The van der Waals surface area contributed by atoms with Crippen LogP contribution in [0.3, 0.4) is 0 Å². The fourth-order valence-corrected chi connectivity index (χ4v) is 1.26. The van der Waals surface area contributed by atoms with E-state index in [1.54, 1.807) is 0 Å². The molecule has 2 nitrogen and oxygen atoms in total. The van der Waals surface area contributed by atoms with Crippen LogP contribution in [0, 0.1) is 0 Å². The molecule has 0 rings (SSSR count). The van der Waals surface area contributed by atoms with Crippen molar-refractivity contribution in [3.8, 4) is 0 Å². The van der Waals surface area contributed by atoms with Crippen molar-refractivity contribution in [2.75, 3.05) is 4.12 Å². The number of hydrogen-bond acceptors (Lipinski definition) is 2. The van der Waals surface area contributed by atoms with E-state index in [1.807, 2.05) is 0 Å². The number of ether oxygens (including phenoxy) is 1. The molecule has 0 spiro atoms. The van der Waals surface area contributed by atoms with Gasteiger partial charge in [0.2, 0.25) is 0 Å². The molecule has 0 aliphatic heterocycles. The average molecular weight is 274 g/mol. The van der Waals surface area contributed by atoms with Crippen molar-refractivity contribution in [1.29, 1.82) is 0 Å². The summed E-state index contributed by atoms with van der Waals surface area (Å²) in [6, 6.07) is 0. The van der Waals surface area contributed by atoms with Crippen molar-refractivity contribution in [2.24, 2.45) is 0 Å². The first kappa shape index (κ1) is 6.41. The van der Waals surface area contributed by atoms with Crippen LogP contribution in [0.4, 0.5) is 0 Å². The van der Waals surface area contributed by atoms with Gasteiger partial charge in [-0.3, -0.25) is 0 Å². The summed E-state index contributed by atoms with van der Waals surface area (Å²) in [7, 11) is 0. The zero-order valence-electron chi connectivity index (χ0n) is 3.73. The molecule has 0 aromatic heterocycles. The molecule has 0 aliphatic rings. The van der Waals surface area contributed by atoms with E-state index in [0.717, 1.165) is 0 Å². The van der Waals surface area contributed by atoms with E-state index in [0.29, 0.717) is 30.2 Å². The summed E-state index contributed by atoms with van der Waals surface area (Å²) in [5, 5.41) is 0. The SMILES string of the molecule is CC(=O)O[CH2][Hg+]. The van der Waals surface area contributed by atoms with Gasteiger partial charge in [0.15, 0.2) is 0 Å². The summed E-state index contributed by atoms with van der Waals surface area (Å²) < 4.78 is 5.17. The first-order valence-electron chi connectivity index (χ1n) is 1.70. The summed E-state index contributed by atoms with van der Waals surface area (Å²) in [4.78, 5) is 9.85. The van der Waals surface area contributed by atoms with Crippen molar-refractivity contribution in [2.45, 2.75) is 6.92 Å². The molecule has 0 aromatic rings. The van der Waals surface area contributed by atoms with Crippen molar-refractivity contribution in [3.05, 3.63) is 0 Å². The first-order chi connectivity index (χ1) is 2.77. The molecule has 0 saturated heterocycles. The molecular formula is C3H5HgO2+. The zero-order valence-corrected chi connectivity index (χ0v) is 9.23. The Morgan fingerprint density at radius 2 is 2.50 bits per heavy atom. The first-order valence-corrected chi connectivity index (χ1v) is 5.58. The summed E-state index contributed by atoms with van der Waals surface area (Å²) in [6.45, 7) is 1.42. The van der Waals surface area contributed by atoms with E-state index < -0.39 is 0 Å². The third-order valence-corrected chi connectivity index (χ3v) is 1.10. The van der Waals surface area contributed by atoms with Crippen molar-refractivity contribution >= 4 is 5.97 Å². The van der Waals surface area contributed by atoms with Crippen LogP contribution in [0.25, 0.3) is 0 Å². The normalized spacial score (nSPS) is 7.83. The predicted molar refractivity (Wildman–Crippen MR) is 16.6 cm³/mol. The molecule has 0 aromatic carbocycles. The number of rotatable bonds is 1. The van der Waals surface area contributed by atoms with Crippen LogP contribution in [0.5, 0.6) is 0 Å². The Morgan fingerprint density at radius 3 is 2.50 bits per heavy atom. The molecule has 6 heavy (non-hydrogen) atoms. The quantitative estimate of drug-likeness (QED) is 0.499. The predicted octanol–water partition coefficient (Wildman–Crippen LogP) is 0.0538. The van der Waals surface area contributed by atoms with E-state index in [9.17, 15) is 4.79 Å². The second kappa shape index (κ2) is 3.59. The molecule has 0 unspecified atom stereocenters. The third kappa shape index (κ3) is 4.41. The van der Waals surface area contributed by atoms with Gasteiger partial charge in [-0.1, -0.05) is 0 Å². The van der Waals surface area contributed by atoms with Crippen molar-refractivity contribution < 1.29 is 35.7 Å². The van der Waals surface area contributed by atoms with Gasteiger partial charge in [0.05, 0.1) is 0 Å². The van der Waals surface area contributed by atoms with Gasteiger partial charge in [-0.15, -0.1) is 0 Å². The van der Waals surface area contributed by atoms with Gasteiger partial charge in [-0.05, 0) is 0 Å².